The Morgan fingerprint density at radius 1 is 1.61 bits per heavy atom. The first kappa shape index (κ1) is 14.3. The molecule has 6 nitrogen and oxygen atoms in total. The molecule has 1 aromatic rings. The molecule has 18 heavy (non-hydrogen) atoms. The Hall–Kier alpha value is -1.76. The molecular weight excluding hydrogens is 302 g/mol. The number of aromatic hydroxyl groups is 1. The molecule has 0 aliphatic heterocycles. The summed E-state index contributed by atoms with van der Waals surface area (Å²) in [5, 5.41) is 23.5. The van der Waals surface area contributed by atoms with Gasteiger partial charge in [0.1, 0.15) is 11.6 Å². The number of nitrogens with two attached hydrogens (primary N) is 1. The van der Waals surface area contributed by atoms with E-state index in [1.807, 2.05) is 0 Å². The number of carbonyl (C=O) groups excluding carboxylic acids is 1. The highest BCUT2D eigenvalue weighted by Crippen LogP contribution is 2.22. The van der Waals surface area contributed by atoms with Crippen molar-refractivity contribution in [2.45, 2.75) is 6.92 Å². The SMILES string of the molecule is CC(CNC(=O)c1ccc(Br)cc1O)C(N)=NO. The van der Waals surface area contributed by atoms with Crippen LogP contribution in [0.25, 0.3) is 0 Å². The number of amidine groups is 1. The molecule has 0 fully saturated rings. The molecule has 0 saturated heterocycles. The van der Waals surface area contributed by atoms with Gasteiger partial charge in [-0.15, -0.1) is 0 Å². The van der Waals surface area contributed by atoms with E-state index in [0.29, 0.717) is 4.47 Å². The van der Waals surface area contributed by atoms with E-state index in [4.69, 9.17) is 10.9 Å². The average Bonchev–Trinajstić information content (AvgIpc) is 2.34. The van der Waals surface area contributed by atoms with Crippen LogP contribution in [0.2, 0.25) is 0 Å². The van der Waals surface area contributed by atoms with Crippen molar-refractivity contribution < 1.29 is 15.1 Å². The number of carbonyl (C=O) groups is 1. The van der Waals surface area contributed by atoms with Crippen molar-refractivity contribution in [2.75, 3.05) is 6.54 Å². The van der Waals surface area contributed by atoms with Crippen LogP contribution in [0.15, 0.2) is 27.8 Å². The summed E-state index contributed by atoms with van der Waals surface area (Å²) in [7, 11) is 0. The van der Waals surface area contributed by atoms with Crippen molar-refractivity contribution in [2.24, 2.45) is 16.8 Å². The predicted molar refractivity (Wildman–Crippen MR) is 70.7 cm³/mol. The van der Waals surface area contributed by atoms with Gasteiger partial charge >= 0.3 is 0 Å². The van der Waals surface area contributed by atoms with E-state index in [1.165, 1.54) is 12.1 Å². The van der Waals surface area contributed by atoms with Gasteiger partial charge in [0.2, 0.25) is 0 Å². The quantitative estimate of drug-likeness (QED) is 0.290. The Kier molecular flexibility index (Phi) is 4.96. The van der Waals surface area contributed by atoms with Crippen molar-refractivity contribution in [3.8, 4) is 5.75 Å². The van der Waals surface area contributed by atoms with Gasteiger partial charge in [0.05, 0.1) is 5.56 Å². The largest absolute Gasteiger partial charge is 0.507 e. The molecule has 0 heterocycles. The molecule has 1 atom stereocenters. The van der Waals surface area contributed by atoms with Crippen LogP contribution >= 0.6 is 15.9 Å². The van der Waals surface area contributed by atoms with Gasteiger partial charge in [-0.05, 0) is 18.2 Å². The maximum absolute atomic E-state index is 11.8. The van der Waals surface area contributed by atoms with Crippen molar-refractivity contribution in [1.82, 2.24) is 5.32 Å². The maximum Gasteiger partial charge on any atom is 0.255 e. The zero-order valence-electron chi connectivity index (χ0n) is 9.72. The van der Waals surface area contributed by atoms with Crippen molar-refractivity contribution in [3.05, 3.63) is 28.2 Å². The Labute approximate surface area is 113 Å². The molecule has 1 rings (SSSR count). The maximum atomic E-state index is 11.8. The minimum Gasteiger partial charge on any atom is -0.507 e. The minimum atomic E-state index is -0.419. The van der Waals surface area contributed by atoms with E-state index in [2.05, 4.69) is 26.4 Å². The average molecular weight is 316 g/mol. The van der Waals surface area contributed by atoms with E-state index >= 15 is 0 Å². The highest BCUT2D eigenvalue weighted by Gasteiger charge is 2.13. The lowest BCUT2D eigenvalue weighted by Crippen LogP contribution is -2.34. The minimum absolute atomic E-state index is 0.0373. The Balaban J connectivity index is 2.66. The Bertz CT molecular complexity index is 477. The second-order valence-electron chi connectivity index (χ2n) is 3.80. The zero-order valence-corrected chi connectivity index (χ0v) is 11.3. The summed E-state index contributed by atoms with van der Waals surface area (Å²) in [6.45, 7) is 1.92. The third-order valence-corrected chi connectivity index (χ3v) is 2.89. The molecule has 1 unspecified atom stereocenters. The third-order valence-electron chi connectivity index (χ3n) is 2.39. The molecule has 98 valence electrons. The number of hydrogen-bond acceptors (Lipinski definition) is 4. The molecule has 0 saturated carbocycles. The zero-order chi connectivity index (χ0) is 13.7. The molecule has 0 aliphatic rings. The van der Waals surface area contributed by atoms with Gasteiger partial charge in [0.25, 0.3) is 5.91 Å². The normalized spacial score (nSPS) is 13.1. The molecule has 0 bridgehead atoms. The summed E-state index contributed by atoms with van der Waals surface area (Å²) in [6, 6.07) is 4.59. The fourth-order valence-corrected chi connectivity index (χ4v) is 1.59. The number of nitrogens with zero attached hydrogens (tertiary/aromatic N) is 1. The lowest BCUT2D eigenvalue weighted by Gasteiger charge is -2.11. The van der Waals surface area contributed by atoms with Crippen LogP contribution in [-0.2, 0) is 0 Å². The highest BCUT2D eigenvalue weighted by molar-refractivity contribution is 9.10. The lowest BCUT2D eigenvalue weighted by molar-refractivity contribution is 0.0948. The Morgan fingerprint density at radius 3 is 2.83 bits per heavy atom. The summed E-state index contributed by atoms with van der Waals surface area (Å²) in [6.07, 6.45) is 0. The fraction of sp³-hybridized carbons (Fsp3) is 0.273. The first-order valence-electron chi connectivity index (χ1n) is 5.19. The van der Waals surface area contributed by atoms with E-state index in [0.717, 1.165) is 0 Å². The summed E-state index contributed by atoms with van der Waals surface area (Å²) in [4.78, 5) is 11.8. The molecule has 0 aliphatic carbocycles. The molecular formula is C11H14BrN3O3. The number of oxime groups is 1. The number of amides is 1. The van der Waals surface area contributed by atoms with Crippen LogP contribution < -0.4 is 11.1 Å². The second kappa shape index (κ2) is 6.25. The summed E-state index contributed by atoms with van der Waals surface area (Å²) in [5.41, 5.74) is 5.56. The molecule has 0 spiro atoms. The van der Waals surface area contributed by atoms with Crippen LogP contribution in [0.3, 0.4) is 0 Å². The highest BCUT2D eigenvalue weighted by atomic mass is 79.9. The van der Waals surface area contributed by atoms with Crippen LogP contribution in [0.4, 0.5) is 0 Å². The molecule has 1 amide bonds. The van der Waals surface area contributed by atoms with Crippen LogP contribution in [0.1, 0.15) is 17.3 Å². The number of nitrogens with one attached hydrogen (secondary N) is 1. The van der Waals surface area contributed by atoms with E-state index < -0.39 is 5.91 Å². The molecule has 1 aromatic carbocycles. The van der Waals surface area contributed by atoms with Gasteiger partial charge in [0, 0.05) is 16.9 Å². The van der Waals surface area contributed by atoms with Crippen molar-refractivity contribution in [3.63, 3.8) is 0 Å². The second-order valence-corrected chi connectivity index (χ2v) is 4.71. The number of phenols is 1. The van der Waals surface area contributed by atoms with Gasteiger partial charge in [-0.2, -0.15) is 0 Å². The standard InChI is InChI=1S/C11H14BrN3O3/c1-6(10(13)15-18)5-14-11(17)8-3-2-7(12)4-9(8)16/h2-4,6,16,18H,5H2,1H3,(H2,13,15)(H,14,17). The molecule has 0 radical (unpaired) electrons. The molecule has 5 N–H and O–H groups in total. The molecule has 7 heteroatoms. The topological polar surface area (TPSA) is 108 Å². The van der Waals surface area contributed by atoms with Crippen LogP contribution in [0.5, 0.6) is 5.75 Å². The monoisotopic (exact) mass is 315 g/mol. The first-order valence-corrected chi connectivity index (χ1v) is 5.99. The predicted octanol–water partition coefficient (Wildman–Crippen LogP) is 1.27. The van der Waals surface area contributed by atoms with Gasteiger partial charge in [0.15, 0.2) is 0 Å². The Morgan fingerprint density at radius 2 is 2.28 bits per heavy atom. The number of benzene rings is 1. The fourth-order valence-electron chi connectivity index (χ4n) is 1.24. The molecule has 0 aromatic heterocycles. The number of hydrogen-bond donors (Lipinski definition) is 4. The lowest BCUT2D eigenvalue weighted by atomic mass is 10.1. The number of halogens is 1. The summed E-state index contributed by atoms with van der Waals surface area (Å²) in [5.74, 6) is -0.789. The van der Waals surface area contributed by atoms with E-state index in [9.17, 15) is 9.90 Å². The third kappa shape index (κ3) is 3.63. The summed E-state index contributed by atoms with van der Waals surface area (Å²) < 4.78 is 0.682. The van der Waals surface area contributed by atoms with Crippen LogP contribution in [0, 0.1) is 5.92 Å². The van der Waals surface area contributed by atoms with Crippen LogP contribution in [-0.4, -0.2) is 28.6 Å². The van der Waals surface area contributed by atoms with Crippen molar-refractivity contribution in [1.29, 1.82) is 0 Å². The van der Waals surface area contributed by atoms with Crippen molar-refractivity contribution >= 4 is 27.7 Å². The van der Waals surface area contributed by atoms with Gasteiger partial charge < -0.3 is 21.4 Å². The number of rotatable bonds is 4. The van der Waals surface area contributed by atoms with E-state index in [1.54, 1.807) is 13.0 Å². The van der Waals surface area contributed by atoms with E-state index in [-0.39, 0.29) is 29.6 Å². The van der Waals surface area contributed by atoms with Gasteiger partial charge in [-0.1, -0.05) is 28.0 Å². The number of phenolic OH excluding ortho intramolecular Hbond substituents is 1. The smallest absolute Gasteiger partial charge is 0.255 e. The summed E-state index contributed by atoms with van der Waals surface area (Å²) >= 11 is 3.18. The first-order chi connectivity index (χ1) is 8.45. The van der Waals surface area contributed by atoms with Gasteiger partial charge in [-0.3, -0.25) is 4.79 Å². The van der Waals surface area contributed by atoms with Gasteiger partial charge in [-0.25, -0.2) is 0 Å².